The van der Waals surface area contributed by atoms with Crippen molar-refractivity contribution in [3.63, 3.8) is 0 Å². The van der Waals surface area contributed by atoms with E-state index in [1.165, 1.54) is 141 Å². The normalized spacial score (nSPS) is 21.9. The molecule has 1 aliphatic rings. The van der Waals surface area contributed by atoms with Crippen LogP contribution < -0.4 is 5.32 Å². The van der Waals surface area contributed by atoms with E-state index in [0.717, 1.165) is 38.5 Å². The van der Waals surface area contributed by atoms with Gasteiger partial charge in [-0.05, 0) is 12.8 Å². The van der Waals surface area contributed by atoms with Gasteiger partial charge in [-0.25, -0.2) is 0 Å². The van der Waals surface area contributed by atoms with E-state index in [9.17, 15) is 30.3 Å². The van der Waals surface area contributed by atoms with Gasteiger partial charge in [-0.1, -0.05) is 187 Å². The van der Waals surface area contributed by atoms with Crippen molar-refractivity contribution in [3.8, 4) is 0 Å². The Hall–Kier alpha value is -0.810. The predicted octanol–water partition coefficient (Wildman–Crippen LogP) is 8.39. The van der Waals surface area contributed by atoms with Crippen LogP contribution in [0.2, 0.25) is 0 Å². The first-order valence-electron chi connectivity index (χ1n) is 21.7. The van der Waals surface area contributed by atoms with Crippen LogP contribution in [0.15, 0.2) is 0 Å². The molecule has 1 rings (SSSR count). The van der Waals surface area contributed by atoms with Crippen molar-refractivity contribution in [1.29, 1.82) is 0 Å². The molecule has 0 bridgehead atoms. The summed E-state index contributed by atoms with van der Waals surface area (Å²) in [7, 11) is 0. The summed E-state index contributed by atoms with van der Waals surface area (Å²) in [6.45, 7) is 3.81. The second-order valence-electron chi connectivity index (χ2n) is 15.5. The molecule has 1 saturated heterocycles. The lowest BCUT2D eigenvalue weighted by molar-refractivity contribution is -0.302. The Labute approximate surface area is 313 Å². The number of amides is 1. The van der Waals surface area contributed by atoms with Crippen LogP contribution in [-0.2, 0) is 14.3 Å². The Balaban J connectivity index is 2.27. The number of hydrogen-bond acceptors (Lipinski definition) is 8. The second kappa shape index (κ2) is 33.7. The summed E-state index contributed by atoms with van der Waals surface area (Å²) in [5, 5.41) is 54.1. The maximum atomic E-state index is 12.9. The Morgan fingerprint density at radius 3 is 1.39 bits per heavy atom. The monoisotopic (exact) mass is 730 g/mol. The Morgan fingerprint density at radius 2 is 0.980 bits per heavy atom. The van der Waals surface area contributed by atoms with Crippen LogP contribution >= 0.6 is 0 Å². The van der Waals surface area contributed by atoms with Gasteiger partial charge in [0.15, 0.2) is 6.29 Å². The fourth-order valence-corrected chi connectivity index (χ4v) is 7.16. The van der Waals surface area contributed by atoms with Gasteiger partial charge in [0.2, 0.25) is 5.91 Å². The van der Waals surface area contributed by atoms with Gasteiger partial charge in [0.25, 0.3) is 0 Å². The highest BCUT2D eigenvalue weighted by atomic mass is 16.7. The smallest absolute Gasteiger partial charge is 0.220 e. The van der Waals surface area contributed by atoms with Crippen LogP contribution in [0.4, 0.5) is 0 Å². The maximum Gasteiger partial charge on any atom is 0.220 e. The summed E-state index contributed by atoms with van der Waals surface area (Å²) in [6, 6.07) is -0.709. The molecule has 2 unspecified atom stereocenters. The zero-order valence-corrected chi connectivity index (χ0v) is 33.1. The van der Waals surface area contributed by atoms with Gasteiger partial charge in [-0.15, -0.1) is 0 Å². The first kappa shape index (κ1) is 48.2. The fourth-order valence-electron chi connectivity index (χ4n) is 7.16. The molecule has 0 aromatic rings. The Kier molecular flexibility index (Phi) is 31.9. The molecule has 304 valence electrons. The van der Waals surface area contributed by atoms with E-state index >= 15 is 0 Å². The zero-order chi connectivity index (χ0) is 37.4. The Bertz CT molecular complexity index is 771. The topological polar surface area (TPSA) is 149 Å². The first-order valence-corrected chi connectivity index (χ1v) is 21.7. The molecule has 6 N–H and O–H groups in total. The lowest BCUT2D eigenvalue weighted by Gasteiger charge is -2.40. The highest BCUT2D eigenvalue weighted by Crippen LogP contribution is 2.23. The SMILES string of the molecule is CCCCCCCCCCCCCCCCCCCCCC(=O)N[C@@H](CO[C@H]1O[C@@H](CO)[C@H](O)C(O)C1O)[C@H](O)CCCCCCCCCCC. The standard InChI is InChI=1S/C42H83NO8/c1-3-5-7-9-11-13-14-15-16-17-18-19-20-21-22-24-26-28-30-32-38(46)43-35(36(45)31-29-27-25-23-12-10-8-6-4-2)34-50-42-41(49)40(48)39(47)37(33-44)51-42/h35-37,39-42,44-45,47-49H,3-34H2,1-2H3,(H,43,46)/t35-,36+,37-,39-,40?,41?,42-/m0/s1. The van der Waals surface area contributed by atoms with Crippen LogP contribution in [0.3, 0.4) is 0 Å². The molecule has 1 amide bonds. The van der Waals surface area contributed by atoms with Crippen molar-refractivity contribution < 1.29 is 39.8 Å². The van der Waals surface area contributed by atoms with Gasteiger partial charge in [0, 0.05) is 6.42 Å². The van der Waals surface area contributed by atoms with Crippen molar-refractivity contribution in [2.45, 2.75) is 249 Å². The number of aliphatic hydroxyl groups is 5. The van der Waals surface area contributed by atoms with E-state index in [1.807, 2.05) is 0 Å². The van der Waals surface area contributed by atoms with Gasteiger partial charge in [-0.3, -0.25) is 4.79 Å². The molecule has 0 saturated carbocycles. The second-order valence-corrected chi connectivity index (χ2v) is 15.5. The number of carbonyl (C=O) groups is 1. The highest BCUT2D eigenvalue weighted by Gasteiger charge is 2.44. The van der Waals surface area contributed by atoms with E-state index in [4.69, 9.17) is 9.47 Å². The average Bonchev–Trinajstić information content (AvgIpc) is 3.13. The lowest BCUT2D eigenvalue weighted by atomic mass is 9.99. The van der Waals surface area contributed by atoms with E-state index in [1.54, 1.807) is 0 Å². The van der Waals surface area contributed by atoms with Crippen LogP contribution in [0.5, 0.6) is 0 Å². The average molecular weight is 730 g/mol. The third kappa shape index (κ3) is 25.0. The van der Waals surface area contributed by atoms with Crippen molar-refractivity contribution in [3.05, 3.63) is 0 Å². The lowest BCUT2D eigenvalue weighted by Crippen LogP contribution is -2.60. The number of carbonyl (C=O) groups excluding carboxylic acids is 1. The van der Waals surface area contributed by atoms with Gasteiger partial charge >= 0.3 is 0 Å². The van der Waals surface area contributed by atoms with Crippen molar-refractivity contribution >= 4 is 5.91 Å². The minimum atomic E-state index is -1.55. The van der Waals surface area contributed by atoms with Crippen molar-refractivity contribution in [2.24, 2.45) is 0 Å². The third-order valence-corrected chi connectivity index (χ3v) is 10.7. The minimum absolute atomic E-state index is 0.133. The number of nitrogens with one attached hydrogen (secondary N) is 1. The quantitative estimate of drug-likeness (QED) is 0.0353. The molecule has 7 atom stereocenters. The summed E-state index contributed by atoms with van der Waals surface area (Å²) in [5.41, 5.74) is 0. The van der Waals surface area contributed by atoms with Gasteiger partial charge < -0.3 is 40.3 Å². The number of unbranched alkanes of at least 4 members (excludes halogenated alkanes) is 26. The summed E-state index contributed by atoms with van der Waals surface area (Å²) in [6.07, 6.45) is 28.3. The van der Waals surface area contributed by atoms with Crippen LogP contribution in [0.25, 0.3) is 0 Å². The highest BCUT2D eigenvalue weighted by molar-refractivity contribution is 5.76. The third-order valence-electron chi connectivity index (χ3n) is 10.7. The van der Waals surface area contributed by atoms with Crippen molar-refractivity contribution in [2.75, 3.05) is 13.2 Å². The molecular formula is C42H83NO8. The fraction of sp³-hybridized carbons (Fsp3) is 0.976. The Morgan fingerprint density at radius 1 is 0.588 bits per heavy atom. The molecule has 0 aromatic carbocycles. The summed E-state index contributed by atoms with van der Waals surface area (Å²) in [4.78, 5) is 12.9. The number of aliphatic hydroxyl groups excluding tert-OH is 5. The molecule has 1 aliphatic heterocycles. The summed E-state index contributed by atoms with van der Waals surface area (Å²) in [5.74, 6) is -0.143. The molecule has 0 radical (unpaired) electrons. The summed E-state index contributed by atoms with van der Waals surface area (Å²) < 4.78 is 11.2. The maximum absolute atomic E-state index is 12.9. The van der Waals surface area contributed by atoms with Crippen molar-refractivity contribution in [1.82, 2.24) is 5.32 Å². The molecule has 9 nitrogen and oxygen atoms in total. The van der Waals surface area contributed by atoms with Gasteiger partial charge in [0.1, 0.15) is 24.4 Å². The van der Waals surface area contributed by atoms with E-state index in [0.29, 0.717) is 12.8 Å². The van der Waals surface area contributed by atoms with Crippen LogP contribution in [0.1, 0.15) is 206 Å². The predicted molar refractivity (Wildman–Crippen MR) is 208 cm³/mol. The minimum Gasteiger partial charge on any atom is -0.394 e. The molecule has 51 heavy (non-hydrogen) atoms. The molecular weight excluding hydrogens is 646 g/mol. The molecule has 0 aromatic heterocycles. The van der Waals surface area contributed by atoms with Crippen LogP contribution in [0, 0.1) is 0 Å². The number of rotatable bonds is 36. The summed E-state index contributed by atoms with van der Waals surface area (Å²) >= 11 is 0. The number of ether oxygens (including phenoxy) is 2. The molecule has 9 heteroatoms. The molecule has 1 heterocycles. The van der Waals surface area contributed by atoms with E-state index in [-0.39, 0.29) is 12.5 Å². The largest absolute Gasteiger partial charge is 0.394 e. The number of hydrogen-bond donors (Lipinski definition) is 6. The van der Waals surface area contributed by atoms with Gasteiger partial charge in [-0.2, -0.15) is 0 Å². The van der Waals surface area contributed by atoms with Crippen LogP contribution in [-0.4, -0.2) is 87.5 Å². The molecule has 0 spiro atoms. The first-order chi connectivity index (χ1) is 24.8. The molecule has 1 fully saturated rings. The van der Waals surface area contributed by atoms with E-state index < -0.39 is 49.5 Å². The molecule has 0 aliphatic carbocycles. The van der Waals surface area contributed by atoms with E-state index in [2.05, 4.69) is 19.2 Å². The zero-order valence-electron chi connectivity index (χ0n) is 33.1. The van der Waals surface area contributed by atoms with Gasteiger partial charge in [0.05, 0.1) is 25.4 Å².